The van der Waals surface area contributed by atoms with Crippen molar-refractivity contribution >= 4 is 23.3 Å². The maximum Gasteiger partial charge on any atom is 0.0585 e. The van der Waals surface area contributed by atoms with Crippen LogP contribution in [0, 0.1) is 0 Å². The van der Waals surface area contributed by atoms with Crippen LogP contribution in [-0.4, -0.2) is 22.7 Å². The van der Waals surface area contributed by atoms with Crippen LogP contribution < -0.4 is 5.73 Å². The van der Waals surface area contributed by atoms with Crippen molar-refractivity contribution in [2.24, 2.45) is 5.73 Å². The van der Waals surface area contributed by atoms with E-state index < -0.39 is 0 Å². The van der Waals surface area contributed by atoms with E-state index in [2.05, 4.69) is 11.1 Å². The fourth-order valence-corrected chi connectivity index (χ4v) is 1.65. The summed E-state index contributed by atoms with van der Waals surface area (Å²) in [6.45, 7) is 0.0273. The highest BCUT2D eigenvalue weighted by Crippen LogP contribution is 2.18. The molecular weight excluding hydrogens is 212 g/mol. The number of aliphatic hydroxyl groups is 1. The molecular formula is C11H15ClN2O. The van der Waals surface area contributed by atoms with E-state index in [1.807, 2.05) is 24.4 Å². The predicted molar refractivity (Wildman–Crippen MR) is 64.3 cm³/mol. The minimum Gasteiger partial charge on any atom is -0.395 e. The first-order valence-corrected chi connectivity index (χ1v) is 4.72. The summed E-state index contributed by atoms with van der Waals surface area (Å²) in [5.74, 6) is 0. The first-order chi connectivity index (χ1) is 6.81. The number of aliphatic hydroxyl groups excluding tert-OH is 1. The molecule has 4 N–H and O–H groups in total. The van der Waals surface area contributed by atoms with Gasteiger partial charge in [0.25, 0.3) is 0 Å². The van der Waals surface area contributed by atoms with Crippen molar-refractivity contribution < 1.29 is 5.11 Å². The summed E-state index contributed by atoms with van der Waals surface area (Å²) in [7, 11) is 0. The van der Waals surface area contributed by atoms with Gasteiger partial charge >= 0.3 is 0 Å². The number of benzene rings is 1. The lowest BCUT2D eigenvalue weighted by Gasteiger charge is -2.05. The molecule has 0 amide bonds. The van der Waals surface area contributed by atoms with Gasteiger partial charge in [0.15, 0.2) is 0 Å². The van der Waals surface area contributed by atoms with E-state index in [4.69, 9.17) is 10.8 Å². The van der Waals surface area contributed by atoms with Gasteiger partial charge in [-0.15, -0.1) is 12.4 Å². The molecule has 0 aliphatic heterocycles. The SMILES string of the molecule is Cl.N[C@@H](CO)Cc1c[nH]c2ccccc12. The highest BCUT2D eigenvalue weighted by molar-refractivity contribution is 5.85. The van der Waals surface area contributed by atoms with Gasteiger partial charge in [0, 0.05) is 23.1 Å². The van der Waals surface area contributed by atoms with Gasteiger partial charge in [-0.1, -0.05) is 18.2 Å². The smallest absolute Gasteiger partial charge is 0.0585 e. The van der Waals surface area contributed by atoms with E-state index in [1.54, 1.807) is 0 Å². The number of aromatic nitrogens is 1. The van der Waals surface area contributed by atoms with Gasteiger partial charge in [-0.2, -0.15) is 0 Å². The van der Waals surface area contributed by atoms with Crippen LogP contribution in [0.5, 0.6) is 0 Å². The number of rotatable bonds is 3. The Balaban J connectivity index is 0.00000112. The highest BCUT2D eigenvalue weighted by Gasteiger charge is 2.06. The Morgan fingerprint density at radius 2 is 2.07 bits per heavy atom. The molecule has 1 aromatic carbocycles. The van der Waals surface area contributed by atoms with Gasteiger partial charge in [-0.05, 0) is 18.1 Å². The predicted octanol–water partition coefficient (Wildman–Crippen LogP) is 1.45. The van der Waals surface area contributed by atoms with Gasteiger partial charge < -0.3 is 15.8 Å². The largest absolute Gasteiger partial charge is 0.395 e. The van der Waals surface area contributed by atoms with Crippen LogP contribution in [0.1, 0.15) is 5.56 Å². The number of hydrogen-bond acceptors (Lipinski definition) is 2. The second-order valence-corrected chi connectivity index (χ2v) is 3.51. The van der Waals surface area contributed by atoms with Crippen molar-refractivity contribution in [3.8, 4) is 0 Å². The molecule has 1 atom stereocenters. The van der Waals surface area contributed by atoms with Crippen molar-refractivity contribution in [1.82, 2.24) is 4.98 Å². The Labute approximate surface area is 94.7 Å². The molecule has 0 aliphatic rings. The van der Waals surface area contributed by atoms with Gasteiger partial charge in [0.1, 0.15) is 0 Å². The van der Waals surface area contributed by atoms with E-state index in [-0.39, 0.29) is 25.1 Å². The summed E-state index contributed by atoms with van der Waals surface area (Å²) in [5, 5.41) is 10.1. The standard InChI is InChI=1S/C11H14N2O.ClH/c12-9(7-14)5-8-6-13-11-4-2-1-3-10(8)11;/h1-4,6,9,13-14H,5,7,12H2;1H/t9-;/m1./s1. The molecule has 4 heteroatoms. The molecule has 0 bridgehead atoms. The lowest BCUT2D eigenvalue weighted by atomic mass is 10.1. The number of nitrogens with two attached hydrogens (primary N) is 1. The van der Waals surface area contributed by atoms with E-state index in [9.17, 15) is 0 Å². The lowest BCUT2D eigenvalue weighted by Crippen LogP contribution is -2.26. The zero-order chi connectivity index (χ0) is 9.97. The molecule has 0 aliphatic carbocycles. The number of aromatic amines is 1. The van der Waals surface area contributed by atoms with E-state index in [1.165, 1.54) is 10.9 Å². The van der Waals surface area contributed by atoms with Crippen LogP contribution in [0.25, 0.3) is 10.9 Å². The van der Waals surface area contributed by atoms with E-state index >= 15 is 0 Å². The second-order valence-electron chi connectivity index (χ2n) is 3.51. The Bertz CT molecular complexity index is 427. The third-order valence-electron chi connectivity index (χ3n) is 2.39. The number of nitrogens with one attached hydrogen (secondary N) is 1. The molecule has 1 aromatic heterocycles. The third kappa shape index (κ3) is 2.50. The van der Waals surface area contributed by atoms with Crippen molar-refractivity contribution in [2.45, 2.75) is 12.5 Å². The molecule has 0 radical (unpaired) electrons. The third-order valence-corrected chi connectivity index (χ3v) is 2.39. The topological polar surface area (TPSA) is 62.0 Å². The van der Waals surface area contributed by atoms with E-state index in [0.29, 0.717) is 6.42 Å². The zero-order valence-corrected chi connectivity index (χ0v) is 9.13. The number of para-hydroxylation sites is 1. The van der Waals surface area contributed by atoms with Crippen molar-refractivity contribution in [3.63, 3.8) is 0 Å². The molecule has 2 aromatic rings. The minimum atomic E-state index is -0.172. The molecule has 0 saturated carbocycles. The average molecular weight is 227 g/mol. The summed E-state index contributed by atoms with van der Waals surface area (Å²) in [4.78, 5) is 3.18. The lowest BCUT2D eigenvalue weighted by molar-refractivity contribution is 0.265. The molecule has 15 heavy (non-hydrogen) atoms. The van der Waals surface area contributed by atoms with Crippen LogP contribution in [0.3, 0.4) is 0 Å². The first-order valence-electron chi connectivity index (χ1n) is 4.72. The highest BCUT2D eigenvalue weighted by atomic mass is 35.5. The van der Waals surface area contributed by atoms with Crippen LogP contribution in [0.15, 0.2) is 30.5 Å². The summed E-state index contributed by atoms with van der Waals surface area (Å²) >= 11 is 0. The molecule has 0 saturated heterocycles. The van der Waals surface area contributed by atoms with E-state index in [0.717, 1.165) is 5.52 Å². The Morgan fingerprint density at radius 1 is 1.33 bits per heavy atom. The molecule has 2 rings (SSSR count). The fourth-order valence-electron chi connectivity index (χ4n) is 1.65. The fraction of sp³-hybridized carbons (Fsp3) is 0.273. The molecule has 3 nitrogen and oxygen atoms in total. The van der Waals surface area contributed by atoms with Crippen LogP contribution in [-0.2, 0) is 6.42 Å². The van der Waals surface area contributed by atoms with Crippen LogP contribution >= 0.6 is 12.4 Å². The Hall–Kier alpha value is -1.03. The van der Waals surface area contributed by atoms with Gasteiger partial charge in [0.2, 0.25) is 0 Å². The molecule has 0 spiro atoms. The summed E-state index contributed by atoms with van der Waals surface area (Å²) in [6.07, 6.45) is 2.67. The summed E-state index contributed by atoms with van der Waals surface area (Å²) in [6, 6.07) is 7.92. The first kappa shape index (κ1) is 12.0. The maximum atomic E-state index is 8.87. The second kappa shape index (κ2) is 5.16. The van der Waals surface area contributed by atoms with Crippen molar-refractivity contribution in [3.05, 3.63) is 36.0 Å². The minimum absolute atomic E-state index is 0. The molecule has 82 valence electrons. The monoisotopic (exact) mass is 226 g/mol. The van der Waals surface area contributed by atoms with Crippen molar-refractivity contribution in [1.29, 1.82) is 0 Å². The van der Waals surface area contributed by atoms with Crippen LogP contribution in [0.2, 0.25) is 0 Å². The number of hydrogen-bond donors (Lipinski definition) is 3. The average Bonchev–Trinajstić information content (AvgIpc) is 2.62. The maximum absolute atomic E-state index is 8.87. The quantitative estimate of drug-likeness (QED) is 0.742. The summed E-state index contributed by atoms with van der Waals surface area (Å²) < 4.78 is 0. The van der Waals surface area contributed by atoms with Gasteiger partial charge in [-0.25, -0.2) is 0 Å². The number of H-pyrrole nitrogens is 1. The molecule has 0 unspecified atom stereocenters. The van der Waals surface area contributed by atoms with Gasteiger partial charge in [-0.3, -0.25) is 0 Å². The summed E-state index contributed by atoms with van der Waals surface area (Å²) in [5.41, 5.74) is 7.98. The zero-order valence-electron chi connectivity index (χ0n) is 8.31. The van der Waals surface area contributed by atoms with Crippen LogP contribution in [0.4, 0.5) is 0 Å². The number of halogens is 1. The van der Waals surface area contributed by atoms with Crippen molar-refractivity contribution in [2.75, 3.05) is 6.61 Å². The molecule has 0 fully saturated rings. The Morgan fingerprint density at radius 3 is 2.80 bits per heavy atom. The molecule has 1 heterocycles. The number of fused-ring (bicyclic) bond motifs is 1. The normalized spacial score (nSPS) is 12.4. The van der Waals surface area contributed by atoms with Gasteiger partial charge in [0.05, 0.1) is 6.61 Å². The Kier molecular flexibility index (Phi) is 4.15.